The third-order valence-corrected chi connectivity index (χ3v) is 14.9. The minimum atomic E-state index is -0.189. The zero-order valence-electron chi connectivity index (χ0n) is 34.3. The van der Waals surface area contributed by atoms with Crippen LogP contribution in [0.3, 0.4) is 0 Å². The standard InChI is InChI=1S/C49H64O4/c1-28(2)47(11,37-12-16-48(17-13-37,39-20-29(3)43(50)30(4)21-39)40-22-31(5)44(51)32(6)23-40)38-14-18-49(19-15-38,41-24-33(7)45(52)34(8)25-41)42-26-35(9)46(53)36(10)27-42/h20-28,37-38,50-53H,12-19H2,1-11H3. The molecule has 0 bridgehead atoms. The predicted molar refractivity (Wildman–Crippen MR) is 219 cm³/mol. The first-order chi connectivity index (χ1) is 24.8. The van der Waals surface area contributed by atoms with Crippen LogP contribution in [0.2, 0.25) is 0 Å². The molecule has 4 aromatic carbocycles. The summed E-state index contributed by atoms with van der Waals surface area (Å²) in [6.07, 6.45) is 8.62. The van der Waals surface area contributed by atoms with E-state index in [4.69, 9.17) is 0 Å². The van der Waals surface area contributed by atoms with Crippen molar-refractivity contribution >= 4 is 0 Å². The molecule has 0 heterocycles. The lowest BCUT2D eigenvalue weighted by molar-refractivity contribution is -0.0185. The maximum absolute atomic E-state index is 10.8. The number of benzene rings is 4. The Morgan fingerprint density at radius 3 is 0.792 bits per heavy atom. The van der Waals surface area contributed by atoms with E-state index in [0.717, 1.165) is 95.9 Å². The lowest BCUT2D eigenvalue weighted by Crippen LogP contribution is -2.47. The molecule has 0 unspecified atom stereocenters. The lowest BCUT2D eigenvalue weighted by Gasteiger charge is -2.55. The highest BCUT2D eigenvalue weighted by molar-refractivity contribution is 5.54. The predicted octanol–water partition coefficient (Wildman–Crippen LogP) is 12.3. The third kappa shape index (κ3) is 6.42. The van der Waals surface area contributed by atoms with Gasteiger partial charge in [0.05, 0.1) is 0 Å². The van der Waals surface area contributed by atoms with Gasteiger partial charge in [-0.2, -0.15) is 0 Å². The van der Waals surface area contributed by atoms with Crippen molar-refractivity contribution in [2.75, 3.05) is 0 Å². The Balaban J connectivity index is 1.35. The number of phenolic OH excluding ortho intramolecular Hbond substituents is 4. The molecule has 4 heteroatoms. The summed E-state index contributed by atoms with van der Waals surface area (Å²) in [4.78, 5) is 0. The van der Waals surface area contributed by atoms with Crippen LogP contribution < -0.4 is 0 Å². The smallest absolute Gasteiger partial charge is 0.121 e. The molecule has 53 heavy (non-hydrogen) atoms. The van der Waals surface area contributed by atoms with Gasteiger partial charge >= 0.3 is 0 Å². The lowest BCUT2D eigenvalue weighted by atomic mass is 9.50. The normalized spacial score (nSPS) is 18.1. The first-order valence-electron chi connectivity index (χ1n) is 20.1. The highest BCUT2D eigenvalue weighted by Gasteiger charge is 2.51. The zero-order valence-corrected chi connectivity index (χ0v) is 34.3. The van der Waals surface area contributed by atoms with E-state index in [2.05, 4.69) is 69.3 Å². The maximum Gasteiger partial charge on any atom is 0.121 e. The van der Waals surface area contributed by atoms with Crippen molar-refractivity contribution < 1.29 is 20.4 Å². The Hall–Kier alpha value is -3.92. The molecular weight excluding hydrogens is 653 g/mol. The Bertz CT molecular complexity index is 1670. The highest BCUT2D eigenvalue weighted by atomic mass is 16.3. The number of aromatic hydroxyl groups is 4. The third-order valence-electron chi connectivity index (χ3n) is 14.9. The molecule has 2 aliphatic carbocycles. The van der Waals surface area contributed by atoms with Crippen LogP contribution in [-0.4, -0.2) is 20.4 Å². The van der Waals surface area contributed by atoms with Crippen molar-refractivity contribution in [1.29, 1.82) is 0 Å². The van der Waals surface area contributed by atoms with Gasteiger partial charge in [0.15, 0.2) is 0 Å². The van der Waals surface area contributed by atoms with Crippen LogP contribution in [0.5, 0.6) is 23.0 Å². The number of phenols is 4. The molecule has 4 N–H and O–H groups in total. The molecule has 0 amide bonds. The van der Waals surface area contributed by atoms with E-state index >= 15 is 0 Å². The van der Waals surface area contributed by atoms with Crippen LogP contribution in [0.4, 0.5) is 0 Å². The maximum atomic E-state index is 10.8. The van der Waals surface area contributed by atoms with E-state index in [1.807, 2.05) is 55.4 Å². The van der Waals surface area contributed by atoms with Gasteiger partial charge in [0.1, 0.15) is 23.0 Å². The summed E-state index contributed by atoms with van der Waals surface area (Å²) in [6, 6.07) is 17.7. The van der Waals surface area contributed by atoms with Gasteiger partial charge in [0.2, 0.25) is 0 Å². The van der Waals surface area contributed by atoms with Crippen molar-refractivity contribution in [3.05, 3.63) is 115 Å². The van der Waals surface area contributed by atoms with Gasteiger partial charge in [-0.05, 0) is 197 Å². The fraction of sp³-hybridized carbons (Fsp3) is 0.510. The van der Waals surface area contributed by atoms with Crippen LogP contribution in [-0.2, 0) is 10.8 Å². The molecule has 2 aliphatic rings. The van der Waals surface area contributed by atoms with Gasteiger partial charge in [0, 0.05) is 10.8 Å². The largest absolute Gasteiger partial charge is 0.507 e. The molecular formula is C49H64O4. The number of aryl methyl sites for hydroxylation is 8. The molecule has 0 aromatic heterocycles. The van der Waals surface area contributed by atoms with E-state index < -0.39 is 0 Å². The number of rotatable bonds is 7. The first kappa shape index (κ1) is 38.8. The molecule has 0 atom stereocenters. The Labute approximate surface area is 319 Å². The van der Waals surface area contributed by atoms with Gasteiger partial charge in [-0.3, -0.25) is 0 Å². The topological polar surface area (TPSA) is 80.9 Å². The van der Waals surface area contributed by atoms with E-state index in [-0.39, 0.29) is 16.2 Å². The molecule has 6 rings (SSSR count). The average Bonchev–Trinajstić information content (AvgIpc) is 3.12. The summed E-state index contributed by atoms with van der Waals surface area (Å²) in [5.74, 6) is 3.19. The summed E-state index contributed by atoms with van der Waals surface area (Å²) in [7, 11) is 0. The van der Waals surface area contributed by atoms with Crippen molar-refractivity contribution in [1.82, 2.24) is 0 Å². The van der Waals surface area contributed by atoms with Gasteiger partial charge < -0.3 is 20.4 Å². The Morgan fingerprint density at radius 1 is 0.434 bits per heavy atom. The minimum absolute atomic E-state index is 0.154. The van der Waals surface area contributed by atoms with Crippen LogP contribution in [0.15, 0.2) is 48.5 Å². The van der Waals surface area contributed by atoms with Crippen LogP contribution >= 0.6 is 0 Å². The molecule has 0 saturated heterocycles. The fourth-order valence-corrected chi connectivity index (χ4v) is 11.2. The Kier molecular flexibility index (Phi) is 10.3. The van der Waals surface area contributed by atoms with Crippen molar-refractivity contribution in [2.45, 2.75) is 138 Å². The van der Waals surface area contributed by atoms with Crippen LogP contribution in [0.1, 0.15) is 139 Å². The summed E-state index contributed by atoms with van der Waals surface area (Å²) in [5, 5.41) is 43.1. The quantitative estimate of drug-likeness (QED) is 0.153. The molecule has 0 spiro atoms. The molecule has 2 fully saturated rings. The van der Waals surface area contributed by atoms with E-state index in [9.17, 15) is 20.4 Å². The number of hydrogen-bond acceptors (Lipinski definition) is 4. The second-order valence-corrected chi connectivity index (χ2v) is 18.1. The molecule has 4 aromatic rings. The summed E-state index contributed by atoms with van der Waals surface area (Å²) in [6.45, 7) is 23.6. The molecule has 4 nitrogen and oxygen atoms in total. The second-order valence-electron chi connectivity index (χ2n) is 18.1. The van der Waals surface area contributed by atoms with Gasteiger partial charge in [-0.1, -0.05) is 69.3 Å². The van der Waals surface area contributed by atoms with E-state index in [1.165, 1.54) is 22.3 Å². The Morgan fingerprint density at radius 2 is 0.623 bits per heavy atom. The van der Waals surface area contributed by atoms with Gasteiger partial charge in [0.25, 0.3) is 0 Å². The SMILES string of the molecule is Cc1cc(C2(c3cc(C)c(O)c(C)c3)CCC(C(C)(C(C)C)C3CCC(c4cc(C)c(O)c(C)c4)(c4cc(C)c(O)c(C)c4)CC3)CC2)cc(C)c1O. The highest BCUT2D eigenvalue weighted by Crippen LogP contribution is 2.60. The van der Waals surface area contributed by atoms with Gasteiger partial charge in [-0.15, -0.1) is 0 Å². The first-order valence-corrected chi connectivity index (χ1v) is 20.1. The van der Waals surface area contributed by atoms with Crippen LogP contribution in [0, 0.1) is 78.6 Å². The number of hydrogen-bond donors (Lipinski definition) is 4. The molecule has 284 valence electrons. The zero-order chi connectivity index (χ0) is 38.8. The molecule has 0 radical (unpaired) electrons. The second kappa shape index (κ2) is 14.1. The summed E-state index contributed by atoms with van der Waals surface area (Å²) in [5.41, 5.74) is 12.3. The van der Waals surface area contributed by atoms with Crippen molar-refractivity contribution in [2.24, 2.45) is 23.2 Å². The average molecular weight is 717 g/mol. The van der Waals surface area contributed by atoms with E-state index in [1.54, 1.807) is 0 Å². The minimum Gasteiger partial charge on any atom is -0.507 e. The van der Waals surface area contributed by atoms with Crippen molar-refractivity contribution in [3.63, 3.8) is 0 Å². The molecule has 0 aliphatic heterocycles. The van der Waals surface area contributed by atoms with Gasteiger partial charge in [-0.25, -0.2) is 0 Å². The monoisotopic (exact) mass is 716 g/mol. The van der Waals surface area contributed by atoms with E-state index in [0.29, 0.717) is 40.8 Å². The molecule has 2 saturated carbocycles. The van der Waals surface area contributed by atoms with Crippen molar-refractivity contribution in [3.8, 4) is 23.0 Å². The fourth-order valence-electron chi connectivity index (χ4n) is 11.2. The summed E-state index contributed by atoms with van der Waals surface area (Å²) < 4.78 is 0. The summed E-state index contributed by atoms with van der Waals surface area (Å²) >= 11 is 0. The van der Waals surface area contributed by atoms with Crippen LogP contribution in [0.25, 0.3) is 0 Å².